The van der Waals surface area contributed by atoms with E-state index in [4.69, 9.17) is 26.2 Å². The molecule has 0 heterocycles. The number of hydrogen-bond acceptors (Lipinski definition) is 5. The number of nitrogens with zero attached hydrogens (tertiary/aromatic N) is 1. The van der Waals surface area contributed by atoms with Crippen LogP contribution in [0.3, 0.4) is 0 Å². The number of ether oxygens (including phenoxy) is 2. The Morgan fingerprint density at radius 3 is 2.62 bits per heavy atom. The van der Waals surface area contributed by atoms with E-state index >= 15 is 0 Å². The maximum Gasteiger partial charge on any atom is 0.416 e. The summed E-state index contributed by atoms with van der Waals surface area (Å²) >= 11 is 6.04. The normalized spacial score (nSPS) is 11.3. The van der Waals surface area contributed by atoms with Gasteiger partial charge in [0, 0.05) is 5.56 Å². The lowest BCUT2D eigenvalue weighted by molar-refractivity contribution is -0.139. The Bertz CT molecular complexity index is 948. The number of amides is 1. The lowest BCUT2D eigenvalue weighted by Gasteiger charge is -2.11. The molecule has 0 radical (unpaired) electrons. The Balaban J connectivity index is 2.13. The fourth-order valence-electron chi connectivity index (χ4n) is 2.16. The van der Waals surface area contributed by atoms with Crippen molar-refractivity contribution in [3.05, 3.63) is 58.1 Å². The van der Waals surface area contributed by atoms with Crippen molar-refractivity contribution in [2.45, 2.75) is 6.18 Å². The van der Waals surface area contributed by atoms with Crippen LogP contribution in [-0.4, -0.2) is 36.9 Å². The first-order valence-electron chi connectivity index (χ1n) is 7.84. The zero-order valence-corrected chi connectivity index (χ0v) is 15.5. The van der Waals surface area contributed by atoms with E-state index in [9.17, 15) is 22.8 Å². The predicted molar refractivity (Wildman–Crippen MR) is 97.6 cm³/mol. The first-order valence-corrected chi connectivity index (χ1v) is 8.22. The lowest BCUT2D eigenvalue weighted by atomic mass is 10.1. The highest BCUT2D eigenvalue weighted by Gasteiger charge is 2.30. The van der Waals surface area contributed by atoms with E-state index in [1.165, 1.54) is 31.5 Å². The van der Waals surface area contributed by atoms with Crippen molar-refractivity contribution in [1.82, 2.24) is 5.43 Å². The van der Waals surface area contributed by atoms with Crippen molar-refractivity contribution < 1.29 is 37.3 Å². The minimum absolute atomic E-state index is 0.0155. The van der Waals surface area contributed by atoms with Crippen molar-refractivity contribution in [2.24, 2.45) is 5.10 Å². The quantitative estimate of drug-likeness (QED) is 0.517. The number of methoxy groups -OCH3 is 1. The number of carboxylic acid groups (broad SMARTS) is 1. The van der Waals surface area contributed by atoms with Crippen LogP contribution in [0.5, 0.6) is 11.5 Å². The number of carbonyl (C=O) groups is 2. The fourth-order valence-corrected chi connectivity index (χ4v) is 2.43. The van der Waals surface area contributed by atoms with Crippen LogP contribution in [0.1, 0.15) is 21.5 Å². The smallest absolute Gasteiger partial charge is 0.416 e. The molecule has 2 rings (SSSR count). The molecule has 2 aromatic rings. The maximum atomic E-state index is 12.7. The second-order valence-electron chi connectivity index (χ2n) is 5.49. The highest BCUT2D eigenvalue weighted by molar-refractivity contribution is 6.32. The van der Waals surface area contributed by atoms with Crippen LogP contribution in [0.25, 0.3) is 0 Å². The van der Waals surface area contributed by atoms with E-state index in [2.05, 4.69) is 10.5 Å². The van der Waals surface area contributed by atoms with Crippen molar-refractivity contribution in [3.63, 3.8) is 0 Å². The molecule has 1 amide bonds. The van der Waals surface area contributed by atoms with Gasteiger partial charge in [-0.2, -0.15) is 18.3 Å². The molecule has 0 atom stereocenters. The molecule has 154 valence electrons. The number of alkyl halides is 3. The number of halogens is 4. The van der Waals surface area contributed by atoms with Crippen molar-refractivity contribution >= 4 is 29.7 Å². The summed E-state index contributed by atoms with van der Waals surface area (Å²) in [6.45, 7) is -0.628. The molecule has 7 nitrogen and oxygen atoms in total. The van der Waals surface area contributed by atoms with E-state index in [1.54, 1.807) is 0 Å². The molecule has 0 unspecified atom stereocenters. The molecule has 29 heavy (non-hydrogen) atoms. The van der Waals surface area contributed by atoms with Crippen LogP contribution in [0.2, 0.25) is 5.02 Å². The summed E-state index contributed by atoms with van der Waals surface area (Å²) in [4.78, 5) is 22.6. The molecule has 0 aromatic heterocycles. The van der Waals surface area contributed by atoms with Gasteiger partial charge in [0.25, 0.3) is 5.91 Å². The standard InChI is InChI=1S/C18H14ClF3N2O5/c1-28-14-6-10(5-13(19)16(14)29-9-15(25)26)8-23-24-17(27)11-3-2-4-12(7-11)18(20,21)22/h2-8H,9H2,1H3,(H,24,27)(H,25,26)/b23-8-. The summed E-state index contributed by atoms with van der Waals surface area (Å²) in [6.07, 6.45) is -3.39. The topological polar surface area (TPSA) is 97.2 Å². The van der Waals surface area contributed by atoms with Gasteiger partial charge in [0.1, 0.15) is 0 Å². The monoisotopic (exact) mass is 430 g/mol. The number of nitrogens with one attached hydrogen (secondary N) is 1. The Morgan fingerprint density at radius 1 is 1.28 bits per heavy atom. The Kier molecular flexibility index (Phi) is 7.05. The van der Waals surface area contributed by atoms with E-state index in [-0.39, 0.29) is 22.1 Å². The van der Waals surface area contributed by atoms with Gasteiger partial charge in [0.15, 0.2) is 18.1 Å². The number of hydrogen-bond donors (Lipinski definition) is 2. The summed E-state index contributed by atoms with van der Waals surface area (Å²) < 4.78 is 48.3. The summed E-state index contributed by atoms with van der Waals surface area (Å²) in [5.74, 6) is -1.90. The lowest BCUT2D eigenvalue weighted by Crippen LogP contribution is -2.18. The van der Waals surface area contributed by atoms with Crippen LogP contribution in [-0.2, 0) is 11.0 Å². The van der Waals surface area contributed by atoms with E-state index < -0.39 is 30.2 Å². The largest absolute Gasteiger partial charge is 0.493 e. The maximum absolute atomic E-state index is 12.7. The summed E-state index contributed by atoms with van der Waals surface area (Å²) in [5.41, 5.74) is 1.29. The molecule has 0 aliphatic heterocycles. The van der Waals surface area contributed by atoms with Gasteiger partial charge in [-0.1, -0.05) is 17.7 Å². The second kappa shape index (κ2) is 9.28. The molecule has 0 saturated carbocycles. The number of carboxylic acids is 1. The van der Waals surface area contributed by atoms with Gasteiger partial charge in [0.05, 0.1) is 23.9 Å². The third-order valence-corrected chi connectivity index (χ3v) is 3.70. The number of carbonyl (C=O) groups excluding carboxylic acids is 1. The second-order valence-corrected chi connectivity index (χ2v) is 5.90. The summed E-state index contributed by atoms with van der Waals surface area (Å²) in [7, 11) is 1.32. The van der Waals surface area contributed by atoms with Crippen LogP contribution < -0.4 is 14.9 Å². The number of rotatable bonds is 7. The third-order valence-electron chi connectivity index (χ3n) is 3.42. The Labute approximate surface area is 167 Å². The molecule has 2 N–H and O–H groups in total. The van der Waals surface area contributed by atoms with Crippen LogP contribution in [0.4, 0.5) is 13.2 Å². The molecule has 0 bridgehead atoms. The minimum Gasteiger partial charge on any atom is -0.493 e. The fraction of sp³-hybridized carbons (Fsp3) is 0.167. The van der Waals surface area contributed by atoms with Gasteiger partial charge in [-0.3, -0.25) is 4.79 Å². The average Bonchev–Trinajstić information content (AvgIpc) is 2.65. The molecule has 2 aromatic carbocycles. The Hall–Kier alpha value is -3.27. The SMILES string of the molecule is COc1cc(/C=N\NC(=O)c2cccc(C(F)(F)F)c2)cc(Cl)c1OCC(=O)O. The van der Waals surface area contributed by atoms with Gasteiger partial charge < -0.3 is 14.6 Å². The van der Waals surface area contributed by atoms with Gasteiger partial charge in [0.2, 0.25) is 0 Å². The molecule has 11 heteroatoms. The van der Waals surface area contributed by atoms with Gasteiger partial charge in [-0.25, -0.2) is 10.2 Å². The molecular weight excluding hydrogens is 417 g/mol. The van der Waals surface area contributed by atoms with Gasteiger partial charge >= 0.3 is 12.1 Å². The third kappa shape index (κ3) is 6.11. The highest BCUT2D eigenvalue weighted by atomic mass is 35.5. The van der Waals surface area contributed by atoms with E-state index in [0.717, 1.165) is 12.1 Å². The molecular formula is C18H14ClF3N2O5. The number of aliphatic carboxylic acids is 1. The van der Waals surface area contributed by atoms with Crippen molar-refractivity contribution in [2.75, 3.05) is 13.7 Å². The average molecular weight is 431 g/mol. The molecule has 0 fully saturated rings. The van der Waals surface area contributed by atoms with Crippen LogP contribution in [0, 0.1) is 0 Å². The molecule has 0 aliphatic rings. The number of benzene rings is 2. The molecule has 0 spiro atoms. The van der Waals surface area contributed by atoms with E-state index in [1.807, 2.05) is 0 Å². The zero-order valence-electron chi connectivity index (χ0n) is 14.8. The highest BCUT2D eigenvalue weighted by Crippen LogP contribution is 2.36. The zero-order chi connectivity index (χ0) is 21.6. The first kappa shape index (κ1) is 22.0. The molecule has 0 aliphatic carbocycles. The predicted octanol–water partition coefficient (Wildman–Crippen LogP) is 3.59. The van der Waals surface area contributed by atoms with Crippen LogP contribution >= 0.6 is 11.6 Å². The van der Waals surface area contributed by atoms with Gasteiger partial charge in [-0.15, -0.1) is 0 Å². The van der Waals surface area contributed by atoms with Crippen molar-refractivity contribution in [1.29, 1.82) is 0 Å². The first-order chi connectivity index (χ1) is 13.6. The van der Waals surface area contributed by atoms with Crippen molar-refractivity contribution in [3.8, 4) is 11.5 Å². The Morgan fingerprint density at radius 2 is 2.00 bits per heavy atom. The number of hydrazone groups is 1. The van der Waals surface area contributed by atoms with E-state index in [0.29, 0.717) is 11.6 Å². The van der Waals surface area contributed by atoms with Crippen LogP contribution in [0.15, 0.2) is 41.5 Å². The van der Waals surface area contributed by atoms with Gasteiger partial charge in [-0.05, 0) is 35.9 Å². The summed E-state index contributed by atoms with van der Waals surface area (Å²) in [6, 6.07) is 6.68. The summed E-state index contributed by atoms with van der Waals surface area (Å²) in [5, 5.41) is 12.4. The minimum atomic E-state index is -4.57. The molecule has 0 saturated heterocycles.